The molecule has 0 bridgehead atoms. The van der Waals surface area contributed by atoms with Crippen LogP contribution >= 0.6 is 0 Å². The van der Waals surface area contributed by atoms with Gasteiger partial charge in [0.1, 0.15) is 18.1 Å². The highest BCUT2D eigenvalue weighted by Crippen LogP contribution is 2.65. The lowest BCUT2D eigenvalue weighted by Crippen LogP contribution is -2.61. The van der Waals surface area contributed by atoms with E-state index in [1.807, 2.05) is 47.6 Å². The molecule has 1 unspecified atom stereocenters. The molecule has 14 heteroatoms. The monoisotopic (exact) mass is 745 g/mol. The Kier molecular flexibility index (Phi) is 13.3. The van der Waals surface area contributed by atoms with Gasteiger partial charge >= 0.3 is 6.03 Å². The number of anilines is 1. The average Bonchev–Trinajstić information content (AvgIpc) is 3.43. The van der Waals surface area contributed by atoms with Crippen LogP contribution in [-0.4, -0.2) is 96.5 Å². The maximum absolute atomic E-state index is 14.3. The number of fused-ring (bicyclic) bond motifs is 1. The molecule has 292 valence electrons. The molecule has 14 nitrogen and oxygen atoms in total. The summed E-state index contributed by atoms with van der Waals surface area (Å²) in [6.07, 6.45) is 1.37. The molecule has 1 aliphatic heterocycles. The number of unbranched alkanes of at least 4 members (excludes halogenated alkanes) is 1. The van der Waals surface area contributed by atoms with E-state index in [0.717, 1.165) is 0 Å². The topological polar surface area (TPSA) is 186 Å². The summed E-state index contributed by atoms with van der Waals surface area (Å²) in [5.74, 6) is -4.19. The van der Waals surface area contributed by atoms with Crippen molar-refractivity contribution in [1.82, 2.24) is 31.1 Å². The maximum Gasteiger partial charge on any atom is 0.319 e. The van der Waals surface area contributed by atoms with Gasteiger partial charge < -0.3 is 36.4 Å². The van der Waals surface area contributed by atoms with Crippen molar-refractivity contribution < 1.29 is 33.6 Å². The van der Waals surface area contributed by atoms with E-state index in [0.29, 0.717) is 30.6 Å². The van der Waals surface area contributed by atoms with E-state index in [4.69, 9.17) is 0 Å². The van der Waals surface area contributed by atoms with Gasteiger partial charge in [-0.25, -0.2) is 4.79 Å². The number of nitrogens with zero attached hydrogens (tertiary/aromatic N) is 2. The minimum Gasteiger partial charge on any atom is -0.347 e. The normalized spacial score (nSPS) is 19.9. The second kappa shape index (κ2) is 17.3. The minimum atomic E-state index is -1.21. The molecule has 4 rings (SSSR count). The fourth-order valence-corrected chi connectivity index (χ4v) is 7.19. The number of carbonyl (C=O) groups excluding carboxylic acids is 7. The third-order valence-electron chi connectivity index (χ3n) is 10.4. The molecule has 7 amide bonds. The number of hydrogen-bond donors (Lipinski definition) is 5. The van der Waals surface area contributed by atoms with Gasteiger partial charge in [0.15, 0.2) is 0 Å². The van der Waals surface area contributed by atoms with Crippen molar-refractivity contribution in [3.8, 4) is 0 Å². The lowest BCUT2D eigenvalue weighted by atomic mass is 9.85. The summed E-state index contributed by atoms with van der Waals surface area (Å²) in [5.41, 5.74) is 0.141. The summed E-state index contributed by atoms with van der Waals surface area (Å²) in [6, 6.07) is 12.8. The van der Waals surface area contributed by atoms with Crippen LogP contribution in [0.2, 0.25) is 0 Å². The zero-order chi connectivity index (χ0) is 40.0. The molecule has 2 aliphatic rings. The molecule has 1 aliphatic carbocycles. The number of rotatable bonds is 15. The zero-order valence-electron chi connectivity index (χ0n) is 32.5. The number of likely N-dealkylation sites (tertiary alicyclic amines) is 1. The minimum absolute atomic E-state index is 0.0293. The van der Waals surface area contributed by atoms with Crippen molar-refractivity contribution >= 4 is 47.0 Å². The molecule has 2 aromatic carbocycles. The van der Waals surface area contributed by atoms with Crippen molar-refractivity contribution in [2.24, 2.45) is 22.7 Å². The molecule has 54 heavy (non-hydrogen) atoms. The largest absolute Gasteiger partial charge is 0.347 e. The van der Waals surface area contributed by atoms with Crippen LogP contribution in [-0.2, 0) is 28.8 Å². The Bertz CT molecular complexity index is 1710. The molecule has 1 heterocycles. The zero-order valence-corrected chi connectivity index (χ0v) is 32.5. The van der Waals surface area contributed by atoms with Crippen LogP contribution in [0, 0.1) is 22.7 Å². The molecule has 6 atom stereocenters. The smallest absolute Gasteiger partial charge is 0.319 e. The number of likely N-dealkylation sites (N-methyl/N-ethyl adjacent to an activating group) is 1. The Morgan fingerprint density at radius 2 is 1.50 bits per heavy atom. The van der Waals surface area contributed by atoms with E-state index in [9.17, 15) is 33.6 Å². The Labute approximate surface area is 317 Å². The van der Waals surface area contributed by atoms with Crippen molar-refractivity contribution in [1.29, 1.82) is 0 Å². The lowest BCUT2D eigenvalue weighted by molar-refractivity contribution is -0.145. The summed E-state index contributed by atoms with van der Waals surface area (Å²) in [7, 11) is 3.12. The molecule has 1 saturated carbocycles. The Hall–Kier alpha value is -5.27. The second-order valence-electron chi connectivity index (χ2n) is 16.0. The predicted molar refractivity (Wildman–Crippen MR) is 204 cm³/mol. The summed E-state index contributed by atoms with van der Waals surface area (Å²) < 4.78 is 0. The second-order valence-corrected chi connectivity index (χ2v) is 16.0. The van der Waals surface area contributed by atoms with Crippen LogP contribution in [0.3, 0.4) is 0 Å². The van der Waals surface area contributed by atoms with Gasteiger partial charge in [0.25, 0.3) is 5.91 Å². The summed E-state index contributed by atoms with van der Waals surface area (Å²) in [6.45, 7) is 11.2. The van der Waals surface area contributed by atoms with E-state index < -0.39 is 71.6 Å². The first-order valence-corrected chi connectivity index (χ1v) is 18.5. The van der Waals surface area contributed by atoms with Crippen LogP contribution in [0.5, 0.6) is 0 Å². The maximum atomic E-state index is 14.3. The Morgan fingerprint density at radius 3 is 2.07 bits per heavy atom. The molecule has 0 radical (unpaired) electrons. The number of Topliss-reactive ketones (excluding diaryl/α,β-unsaturated/α-hetero) is 1. The first kappa shape index (κ1) is 41.5. The highest BCUT2D eigenvalue weighted by atomic mass is 16.2. The van der Waals surface area contributed by atoms with E-state index in [2.05, 4.69) is 26.6 Å². The van der Waals surface area contributed by atoms with E-state index in [1.54, 1.807) is 68.7 Å². The Morgan fingerprint density at radius 1 is 0.889 bits per heavy atom. The fourth-order valence-electron chi connectivity index (χ4n) is 7.19. The molecule has 0 aromatic heterocycles. The molecule has 2 fully saturated rings. The number of piperidine rings is 1. The number of hydrogen-bond acceptors (Lipinski definition) is 7. The van der Waals surface area contributed by atoms with Crippen molar-refractivity contribution in [2.45, 2.75) is 85.0 Å². The number of ketones is 1. The van der Waals surface area contributed by atoms with Crippen molar-refractivity contribution in [2.75, 3.05) is 32.5 Å². The SMILES string of the molecule is CCCCC(NC(=O)[C@@H]1[C@H]2[C@@H](CN1C(=O)[C@@H](NC(=O)Nc1ccccc1)C(C)(C)C)C2(C)C)C(=O)C(=O)NCC(=O)N[C@H](C(=O)N(C)C)c1ccccc1. The highest BCUT2D eigenvalue weighted by molar-refractivity contribution is 6.38. The van der Waals surface area contributed by atoms with Crippen LogP contribution in [0.15, 0.2) is 60.7 Å². The van der Waals surface area contributed by atoms with Gasteiger partial charge in [0, 0.05) is 26.3 Å². The number of amides is 7. The Balaban J connectivity index is 1.46. The van der Waals surface area contributed by atoms with Gasteiger partial charge in [0.2, 0.25) is 29.4 Å². The summed E-state index contributed by atoms with van der Waals surface area (Å²) in [4.78, 5) is 96.8. The molecule has 2 aromatic rings. The quantitative estimate of drug-likeness (QED) is 0.174. The van der Waals surface area contributed by atoms with Crippen LogP contribution < -0.4 is 26.6 Å². The molecule has 0 spiro atoms. The molecular weight excluding hydrogens is 690 g/mol. The van der Waals surface area contributed by atoms with Crippen molar-refractivity contribution in [3.05, 3.63) is 66.2 Å². The number of benzene rings is 2. The van der Waals surface area contributed by atoms with Crippen LogP contribution in [0.1, 0.15) is 72.4 Å². The molecule has 5 N–H and O–H groups in total. The third-order valence-corrected chi connectivity index (χ3v) is 10.4. The van der Waals surface area contributed by atoms with Crippen molar-refractivity contribution in [3.63, 3.8) is 0 Å². The van der Waals surface area contributed by atoms with Gasteiger partial charge in [-0.15, -0.1) is 0 Å². The van der Waals surface area contributed by atoms with Gasteiger partial charge in [-0.1, -0.05) is 103 Å². The van der Waals surface area contributed by atoms with Crippen LogP contribution in [0.25, 0.3) is 0 Å². The number of nitrogens with one attached hydrogen (secondary N) is 5. The van der Waals surface area contributed by atoms with Gasteiger partial charge in [0.05, 0.1) is 12.6 Å². The summed E-state index contributed by atoms with van der Waals surface area (Å²) >= 11 is 0. The molecule has 1 saturated heterocycles. The lowest BCUT2D eigenvalue weighted by Gasteiger charge is -2.38. The average molecular weight is 746 g/mol. The van der Waals surface area contributed by atoms with Gasteiger partial charge in [-0.05, 0) is 46.8 Å². The summed E-state index contributed by atoms with van der Waals surface area (Å²) in [5, 5.41) is 13.3. The first-order chi connectivity index (χ1) is 25.4. The van der Waals surface area contributed by atoms with Gasteiger partial charge in [-0.2, -0.15) is 0 Å². The predicted octanol–water partition coefficient (Wildman–Crippen LogP) is 3.01. The number of para-hydroxylation sites is 1. The standard InChI is InChI=1S/C40H55N7O7/c1-9-10-21-27(32(49)35(51)41-22-28(48)44-30(36(52)46(7)8)24-17-13-11-14-18-24)43-34(50)31-29-26(40(29,5)6)23-47(31)37(53)33(39(2,3)4)45-38(54)42-25-19-15-12-16-20-25/h11-20,26-27,29-31,33H,9-10,21-23H2,1-8H3,(H,41,51)(H,43,50)(H,44,48)(H2,42,45,54)/t26-,27?,29-,30+,31+,33-/m1/s1. The van der Waals surface area contributed by atoms with E-state index >= 15 is 0 Å². The highest BCUT2D eigenvalue weighted by Gasteiger charge is 2.70. The fraction of sp³-hybridized carbons (Fsp3) is 0.525. The van der Waals surface area contributed by atoms with Gasteiger partial charge in [-0.3, -0.25) is 28.8 Å². The molecular formula is C40H55N7O7. The number of carbonyl (C=O) groups is 7. The van der Waals surface area contributed by atoms with Crippen LogP contribution in [0.4, 0.5) is 10.5 Å². The first-order valence-electron chi connectivity index (χ1n) is 18.5. The number of urea groups is 1. The van der Waals surface area contributed by atoms with E-state index in [-0.39, 0.29) is 29.6 Å². The van der Waals surface area contributed by atoms with E-state index in [1.165, 1.54) is 9.80 Å². The third kappa shape index (κ3) is 9.83.